The van der Waals surface area contributed by atoms with Crippen molar-refractivity contribution in [2.45, 2.75) is 45.8 Å². The molecule has 7 heteroatoms. The van der Waals surface area contributed by atoms with Gasteiger partial charge in [0.2, 0.25) is 0 Å². The van der Waals surface area contributed by atoms with Crippen LogP contribution < -0.4 is 5.46 Å². The summed E-state index contributed by atoms with van der Waals surface area (Å²) in [5.41, 5.74) is 1.13. The van der Waals surface area contributed by atoms with Gasteiger partial charge < -0.3 is 9.31 Å². The molecule has 0 saturated carbocycles. The highest BCUT2D eigenvalue weighted by Gasteiger charge is 2.52. The van der Waals surface area contributed by atoms with E-state index in [1.54, 1.807) is 17.1 Å². The van der Waals surface area contributed by atoms with Crippen molar-refractivity contribution in [1.82, 2.24) is 19.7 Å². The summed E-state index contributed by atoms with van der Waals surface area (Å²) in [5.74, 6) is 0.757. The number of aromatic nitrogens is 4. The van der Waals surface area contributed by atoms with Gasteiger partial charge in [-0.1, -0.05) is 0 Å². The third-order valence-corrected chi connectivity index (χ3v) is 4.21. The summed E-state index contributed by atoms with van der Waals surface area (Å²) in [5, 5.41) is 4.35. The summed E-state index contributed by atoms with van der Waals surface area (Å²) in [6.45, 7) is 10.1. The van der Waals surface area contributed by atoms with Crippen LogP contribution in [0, 0.1) is 6.92 Å². The Balaban J connectivity index is 1.89. The van der Waals surface area contributed by atoms with Gasteiger partial charge in [-0.25, -0.2) is 14.6 Å². The van der Waals surface area contributed by atoms with E-state index in [2.05, 4.69) is 15.1 Å². The molecule has 2 aromatic rings. The van der Waals surface area contributed by atoms with E-state index in [0.717, 1.165) is 16.8 Å². The smallest absolute Gasteiger partial charge is 0.399 e. The molecule has 0 atom stereocenters. The van der Waals surface area contributed by atoms with E-state index in [4.69, 9.17) is 9.31 Å². The zero-order chi connectivity index (χ0) is 15.3. The molecule has 1 aliphatic rings. The van der Waals surface area contributed by atoms with Gasteiger partial charge in [0, 0.05) is 29.6 Å². The maximum atomic E-state index is 6.02. The van der Waals surface area contributed by atoms with Crippen LogP contribution in [0.4, 0.5) is 0 Å². The molecule has 0 amide bonds. The van der Waals surface area contributed by atoms with Crippen LogP contribution >= 0.6 is 0 Å². The van der Waals surface area contributed by atoms with Crippen LogP contribution in [0.3, 0.4) is 0 Å². The van der Waals surface area contributed by atoms with Gasteiger partial charge in [0.1, 0.15) is 6.33 Å². The largest absolute Gasteiger partial charge is 0.498 e. The van der Waals surface area contributed by atoms with E-state index in [9.17, 15) is 0 Å². The van der Waals surface area contributed by atoms with E-state index < -0.39 is 7.12 Å². The molecule has 110 valence electrons. The topological polar surface area (TPSA) is 62.1 Å². The number of nitrogens with zero attached hydrogens (tertiary/aromatic N) is 4. The fourth-order valence-corrected chi connectivity index (χ4v) is 2.19. The zero-order valence-electron chi connectivity index (χ0n) is 13.0. The molecule has 21 heavy (non-hydrogen) atoms. The third kappa shape index (κ3) is 2.36. The Kier molecular flexibility index (Phi) is 3.14. The normalized spacial score (nSPS) is 20.0. The molecule has 0 spiro atoms. The second kappa shape index (κ2) is 4.64. The fraction of sp³-hybridized carbons (Fsp3) is 0.500. The maximum absolute atomic E-state index is 6.02. The van der Waals surface area contributed by atoms with E-state index >= 15 is 0 Å². The number of hydrogen-bond acceptors (Lipinski definition) is 5. The quantitative estimate of drug-likeness (QED) is 0.778. The average Bonchev–Trinajstić information content (AvgIpc) is 2.94. The van der Waals surface area contributed by atoms with Gasteiger partial charge in [-0.3, -0.25) is 0 Å². The summed E-state index contributed by atoms with van der Waals surface area (Å²) in [6, 6.07) is 0. The minimum absolute atomic E-state index is 0.357. The van der Waals surface area contributed by atoms with Crippen LogP contribution in [-0.2, 0) is 9.31 Å². The van der Waals surface area contributed by atoms with Crippen molar-refractivity contribution in [1.29, 1.82) is 0 Å². The lowest BCUT2D eigenvalue weighted by atomic mass is 9.82. The van der Waals surface area contributed by atoms with Gasteiger partial charge in [-0.2, -0.15) is 5.10 Å². The molecule has 1 aliphatic heterocycles. The summed E-state index contributed by atoms with van der Waals surface area (Å²) < 4.78 is 13.8. The average molecular weight is 286 g/mol. The molecule has 1 fully saturated rings. The van der Waals surface area contributed by atoms with Crippen molar-refractivity contribution in [2.24, 2.45) is 0 Å². The van der Waals surface area contributed by atoms with Gasteiger partial charge in [0.25, 0.3) is 0 Å². The Labute approximate surface area is 124 Å². The minimum Gasteiger partial charge on any atom is -0.399 e. The summed E-state index contributed by atoms with van der Waals surface area (Å²) in [6.07, 6.45) is 6.91. The van der Waals surface area contributed by atoms with Gasteiger partial charge in [-0.15, -0.1) is 0 Å². The Morgan fingerprint density at radius 2 is 1.76 bits per heavy atom. The first-order valence-corrected chi connectivity index (χ1v) is 6.97. The molecule has 3 heterocycles. The predicted molar refractivity (Wildman–Crippen MR) is 79.6 cm³/mol. The van der Waals surface area contributed by atoms with Gasteiger partial charge in [0.15, 0.2) is 5.82 Å². The van der Waals surface area contributed by atoms with Gasteiger partial charge in [0.05, 0.1) is 11.2 Å². The molecule has 1 saturated heterocycles. The molecule has 0 N–H and O–H groups in total. The van der Waals surface area contributed by atoms with Crippen molar-refractivity contribution >= 4 is 12.6 Å². The molecular weight excluding hydrogens is 267 g/mol. The number of hydrogen-bond donors (Lipinski definition) is 0. The molecule has 0 aliphatic carbocycles. The van der Waals surface area contributed by atoms with E-state index in [1.165, 1.54) is 6.33 Å². The molecule has 0 radical (unpaired) electrons. The highest BCUT2D eigenvalue weighted by molar-refractivity contribution is 6.62. The SMILES string of the molecule is Cc1cncnc1-n1cc(B2OC(C)(C)C(C)(C)O2)cn1. The lowest BCUT2D eigenvalue weighted by Crippen LogP contribution is -2.41. The predicted octanol–water partition coefficient (Wildman–Crippen LogP) is 1.27. The van der Waals surface area contributed by atoms with Crippen LogP contribution in [-0.4, -0.2) is 38.1 Å². The van der Waals surface area contributed by atoms with E-state index in [0.29, 0.717) is 0 Å². The summed E-state index contributed by atoms with van der Waals surface area (Å²) in [7, 11) is -0.411. The van der Waals surface area contributed by atoms with Crippen molar-refractivity contribution in [2.75, 3.05) is 0 Å². The lowest BCUT2D eigenvalue weighted by molar-refractivity contribution is 0.00578. The number of rotatable bonds is 2. The lowest BCUT2D eigenvalue weighted by Gasteiger charge is -2.32. The van der Waals surface area contributed by atoms with E-state index in [1.807, 2.05) is 40.8 Å². The molecule has 0 bridgehead atoms. The van der Waals surface area contributed by atoms with Crippen molar-refractivity contribution < 1.29 is 9.31 Å². The molecular formula is C14H19BN4O2. The van der Waals surface area contributed by atoms with Crippen molar-refractivity contribution in [3.8, 4) is 5.82 Å². The monoisotopic (exact) mass is 286 g/mol. The first kappa shape index (κ1) is 14.2. The molecule has 2 aromatic heterocycles. The first-order chi connectivity index (χ1) is 9.80. The van der Waals surface area contributed by atoms with Crippen molar-refractivity contribution in [3.05, 3.63) is 30.5 Å². The second-order valence-corrected chi connectivity index (χ2v) is 6.34. The molecule has 3 rings (SSSR count). The summed E-state index contributed by atoms with van der Waals surface area (Å²) >= 11 is 0. The maximum Gasteiger partial charge on any atom is 0.498 e. The Bertz CT molecular complexity index is 652. The van der Waals surface area contributed by atoms with Gasteiger partial charge >= 0.3 is 7.12 Å². The molecule has 6 nitrogen and oxygen atoms in total. The Morgan fingerprint density at radius 1 is 1.10 bits per heavy atom. The fourth-order valence-electron chi connectivity index (χ4n) is 2.19. The van der Waals surface area contributed by atoms with Gasteiger partial charge in [-0.05, 0) is 34.6 Å². The number of aryl methyl sites for hydroxylation is 1. The minimum atomic E-state index is -0.411. The zero-order valence-corrected chi connectivity index (χ0v) is 13.0. The highest BCUT2D eigenvalue weighted by Crippen LogP contribution is 2.36. The Morgan fingerprint density at radius 3 is 2.38 bits per heavy atom. The highest BCUT2D eigenvalue weighted by atomic mass is 16.7. The van der Waals surface area contributed by atoms with Crippen molar-refractivity contribution in [3.63, 3.8) is 0 Å². The standard InChI is InChI=1S/C14H19BN4O2/c1-10-6-16-9-17-12(10)19-8-11(7-18-19)15-20-13(2,3)14(4,5)21-15/h6-9H,1-5H3. The first-order valence-electron chi connectivity index (χ1n) is 6.97. The van der Waals surface area contributed by atoms with Crippen LogP contribution in [0.5, 0.6) is 0 Å². The van der Waals surface area contributed by atoms with Crippen LogP contribution in [0.15, 0.2) is 24.9 Å². The molecule has 0 unspecified atom stereocenters. The second-order valence-electron chi connectivity index (χ2n) is 6.34. The Hall–Kier alpha value is -1.73. The van der Waals surface area contributed by atoms with Crippen LogP contribution in [0.1, 0.15) is 33.3 Å². The molecule has 0 aromatic carbocycles. The van der Waals surface area contributed by atoms with Crippen LogP contribution in [0.2, 0.25) is 0 Å². The summed E-state index contributed by atoms with van der Waals surface area (Å²) in [4.78, 5) is 8.24. The van der Waals surface area contributed by atoms with Crippen LogP contribution in [0.25, 0.3) is 5.82 Å². The van der Waals surface area contributed by atoms with E-state index in [-0.39, 0.29) is 11.2 Å². The third-order valence-electron chi connectivity index (χ3n) is 4.21.